The molecule has 0 aliphatic heterocycles. The minimum Gasteiger partial charge on any atom is -0.478 e. The number of imidazole rings is 1. The van der Waals surface area contributed by atoms with Crippen LogP contribution in [0.25, 0.3) is 16.7 Å². The number of para-hydroxylation sites is 2. The summed E-state index contributed by atoms with van der Waals surface area (Å²) in [6, 6.07) is 18.5. The fourth-order valence-corrected chi connectivity index (χ4v) is 2.86. The summed E-state index contributed by atoms with van der Waals surface area (Å²) in [7, 11) is 1.63. The molecule has 0 saturated carbocycles. The second-order valence-electron chi connectivity index (χ2n) is 5.52. The molecule has 0 fully saturated rings. The van der Waals surface area contributed by atoms with Crippen molar-refractivity contribution < 1.29 is 4.74 Å². The van der Waals surface area contributed by atoms with Gasteiger partial charge >= 0.3 is 0 Å². The van der Waals surface area contributed by atoms with Crippen molar-refractivity contribution in [3.05, 3.63) is 72.1 Å². The van der Waals surface area contributed by atoms with E-state index >= 15 is 0 Å². The van der Waals surface area contributed by atoms with Gasteiger partial charge in [-0.25, -0.2) is 9.97 Å². The predicted octanol–water partition coefficient (Wildman–Crippen LogP) is 3.68. The molecule has 0 atom stereocenters. The van der Waals surface area contributed by atoms with Crippen LogP contribution in [0, 0.1) is 0 Å². The van der Waals surface area contributed by atoms with E-state index in [1.54, 1.807) is 7.11 Å². The fraction of sp³-hybridized carbons (Fsp3) is 0.158. The number of aromatic nitrogens is 3. The molecule has 0 N–H and O–H groups in total. The van der Waals surface area contributed by atoms with Gasteiger partial charge in [0.2, 0.25) is 5.65 Å². The molecule has 0 bridgehead atoms. The third-order valence-corrected chi connectivity index (χ3v) is 4.02. The van der Waals surface area contributed by atoms with Gasteiger partial charge in [0.25, 0.3) is 5.88 Å². The van der Waals surface area contributed by atoms with Gasteiger partial charge in [0, 0.05) is 6.20 Å². The lowest BCUT2D eigenvalue weighted by Crippen LogP contribution is -1.96. The largest absolute Gasteiger partial charge is 0.478 e. The molecule has 0 aliphatic carbocycles. The third kappa shape index (κ3) is 2.52. The Labute approximate surface area is 134 Å². The zero-order valence-electron chi connectivity index (χ0n) is 12.9. The Morgan fingerprint density at radius 1 is 0.913 bits per heavy atom. The number of hydrogen-bond acceptors (Lipinski definition) is 3. The van der Waals surface area contributed by atoms with Crippen LogP contribution in [0.15, 0.2) is 60.8 Å². The summed E-state index contributed by atoms with van der Waals surface area (Å²) in [5.74, 6) is 0.565. The van der Waals surface area contributed by atoms with Crippen LogP contribution < -0.4 is 4.74 Å². The molecule has 0 aliphatic rings. The summed E-state index contributed by atoms with van der Waals surface area (Å²) in [5.41, 5.74) is 5.09. The van der Waals surface area contributed by atoms with E-state index in [1.807, 2.05) is 24.3 Å². The summed E-state index contributed by atoms with van der Waals surface area (Å²) in [5, 5.41) is 0. The second kappa shape index (κ2) is 5.72. The van der Waals surface area contributed by atoms with E-state index in [0.29, 0.717) is 5.88 Å². The van der Waals surface area contributed by atoms with E-state index in [9.17, 15) is 0 Å². The van der Waals surface area contributed by atoms with E-state index in [-0.39, 0.29) is 0 Å². The van der Waals surface area contributed by atoms with Crippen LogP contribution in [0.4, 0.5) is 0 Å². The Balaban J connectivity index is 1.76. The van der Waals surface area contributed by atoms with Gasteiger partial charge in [-0.3, -0.25) is 4.40 Å². The average molecular weight is 303 g/mol. The Morgan fingerprint density at radius 2 is 1.70 bits per heavy atom. The van der Waals surface area contributed by atoms with Gasteiger partial charge in [-0.15, -0.1) is 0 Å². The van der Waals surface area contributed by atoms with Crippen molar-refractivity contribution in [3.63, 3.8) is 0 Å². The molecule has 0 amide bonds. The van der Waals surface area contributed by atoms with E-state index in [1.165, 1.54) is 5.56 Å². The maximum Gasteiger partial charge on any atom is 0.258 e. The Morgan fingerprint density at radius 3 is 2.52 bits per heavy atom. The van der Waals surface area contributed by atoms with Crippen molar-refractivity contribution in [2.24, 2.45) is 0 Å². The molecule has 2 aromatic carbocycles. The minimum absolute atomic E-state index is 0.565. The molecule has 4 aromatic rings. The van der Waals surface area contributed by atoms with Crippen LogP contribution in [0.3, 0.4) is 0 Å². The van der Waals surface area contributed by atoms with Crippen molar-refractivity contribution in [1.82, 2.24) is 14.4 Å². The predicted molar refractivity (Wildman–Crippen MR) is 90.9 cm³/mol. The van der Waals surface area contributed by atoms with Crippen LogP contribution in [0.5, 0.6) is 5.88 Å². The first-order chi connectivity index (χ1) is 11.3. The van der Waals surface area contributed by atoms with Crippen molar-refractivity contribution in [3.8, 4) is 5.88 Å². The summed E-state index contributed by atoms with van der Waals surface area (Å²) < 4.78 is 7.49. The smallest absolute Gasteiger partial charge is 0.258 e. The first-order valence-electron chi connectivity index (χ1n) is 7.70. The molecule has 0 spiro atoms. The first kappa shape index (κ1) is 13.8. The van der Waals surface area contributed by atoms with Gasteiger partial charge < -0.3 is 4.74 Å². The van der Waals surface area contributed by atoms with Crippen molar-refractivity contribution in [2.45, 2.75) is 12.8 Å². The van der Waals surface area contributed by atoms with Crippen LogP contribution >= 0.6 is 0 Å². The monoisotopic (exact) mass is 303 g/mol. The van der Waals surface area contributed by atoms with E-state index in [4.69, 9.17) is 9.72 Å². The lowest BCUT2D eigenvalue weighted by Gasteiger charge is -2.05. The molecular weight excluding hydrogens is 286 g/mol. The van der Waals surface area contributed by atoms with Gasteiger partial charge in [-0.1, -0.05) is 42.5 Å². The van der Waals surface area contributed by atoms with Gasteiger partial charge in [0.05, 0.1) is 23.8 Å². The van der Waals surface area contributed by atoms with E-state index in [2.05, 4.69) is 45.9 Å². The lowest BCUT2D eigenvalue weighted by molar-refractivity contribution is 0.402. The first-order valence-corrected chi connectivity index (χ1v) is 7.70. The van der Waals surface area contributed by atoms with Gasteiger partial charge in [0.1, 0.15) is 0 Å². The number of methoxy groups -OCH3 is 1. The molecule has 0 radical (unpaired) electrons. The van der Waals surface area contributed by atoms with Crippen molar-refractivity contribution in [2.75, 3.05) is 7.11 Å². The van der Waals surface area contributed by atoms with Gasteiger partial charge in [-0.2, -0.15) is 0 Å². The second-order valence-corrected chi connectivity index (χ2v) is 5.52. The van der Waals surface area contributed by atoms with Crippen LogP contribution in [-0.2, 0) is 12.8 Å². The highest BCUT2D eigenvalue weighted by Crippen LogP contribution is 2.23. The third-order valence-electron chi connectivity index (χ3n) is 4.02. The highest BCUT2D eigenvalue weighted by molar-refractivity contribution is 5.79. The van der Waals surface area contributed by atoms with E-state index < -0.39 is 0 Å². The fourth-order valence-electron chi connectivity index (χ4n) is 2.86. The number of fused-ring (bicyclic) bond motifs is 3. The van der Waals surface area contributed by atoms with Crippen LogP contribution in [0.2, 0.25) is 0 Å². The SMILES string of the molecule is COc1nc2ccccc2n2cc(CCc3ccccc3)nc12. The quantitative estimate of drug-likeness (QED) is 0.577. The highest BCUT2D eigenvalue weighted by Gasteiger charge is 2.12. The van der Waals surface area contributed by atoms with Crippen molar-refractivity contribution >= 4 is 16.7 Å². The Bertz CT molecular complexity index is 960. The van der Waals surface area contributed by atoms with Gasteiger partial charge in [0.15, 0.2) is 0 Å². The number of nitrogens with zero attached hydrogens (tertiary/aromatic N) is 3. The molecule has 114 valence electrons. The molecule has 4 nitrogen and oxygen atoms in total. The number of hydrogen-bond donors (Lipinski definition) is 0. The number of aryl methyl sites for hydroxylation is 2. The van der Waals surface area contributed by atoms with Crippen LogP contribution in [0.1, 0.15) is 11.3 Å². The summed E-state index contributed by atoms with van der Waals surface area (Å²) in [6.45, 7) is 0. The average Bonchev–Trinajstić information content (AvgIpc) is 3.04. The normalized spacial score (nSPS) is 11.2. The standard InChI is InChI=1S/C19H17N3O/c1-23-19-18-20-15(12-11-14-7-3-2-4-8-14)13-22(18)17-10-6-5-9-16(17)21-19/h2-10,13H,11-12H2,1H3. The molecular formula is C19H17N3O. The van der Waals surface area contributed by atoms with Gasteiger partial charge in [-0.05, 0) is 30.5 Å². The molecule has 23 heavy (non-hydrogen) atoms. The zero-order chi connectivity index (χ0) is 15.6. The Hall–Kier alpha value is -2.88. The number of rotatable bonds is 4. The summed E-state index contributed by atoms with van der Waals surface area (Å²) >= 11 is 0. The summed E-state index contributed by atoms with van der Waals surface area (Å²) in [6.07, 6.45) is 3.95. The molecule has 0 saturated heterocycles. The van der Waals surface area contributed by atoms with E-state index in [0.717, 1.165) is 35.2 Å². The molecule has 0 unspecified atom stereocenters. The topological polar surface area (TPSA) is 39.4 Å². The lowest BCUT2D eigenvalue weighted by atomic mass is 10.1. The number of ether oxygens (including phenoxy) is 1. The molecule has 2 aromatic heterocycles. The molecule has 2 heterocycles. The van der Waals surface area contributed by atoms with Crippen molar-refractivity contribution in [1.29, 1.82) is 0 Å². The maximum absolute atomic E-state index is 5.42. The highest BCUT2D eigenvalue weighted by atomic mass is 16.5. The maximum atomic E-state index is 5.42. The van der Waals surface area contributed by atoms with Crippen LogP contribution in [-0.4, -0.2) is 21.5 Å². The molecule has 4 heteroatoms. The zero-order valence-corrected chi connectivity index (χ0v) is 12.9. The number of benzene rings is 2. The summed E-state index contributed by atoms with van der Waals surface area (Å²) in [4.78, 5) is 9.27. The minimum atomic E-state index is 0.565. The Kier molecular flexibility index (Phi) is 3.42. The molecule has 4 rings (SSSR count).